The highest BCUT2D eigenvalue weighted by molar-refractivity contribution is 5.43. The van der Waals surface area contributed by atoms with Crippen molar-refractivity contribution in [2.24, 2.45) is 5.92 Å². The van der Waals surface area contributed by atoms with Crippen LogP contribution in [0.2, 0.25) is 0 Å². The van der Waals surface area contributed by atoms with Gasteiger partial charge in [0.05, 0.1) is 0 Å². The second kappa shape index (κ2) is 7.11. The fourth-order valence-electron chi connectivity index (χ4n) is 1.85. The fourth-order valence-corrected chi connectivity index (χ4v) is 1.85. The van der Waals surface area contributed by atoms with Crippen molar-refractivity contribution >= 4 is 17.8 Å². The number of aromatic nitrogens is 3. The molecule has 0 amide bonds. The summed E-state index contributed by atoms with van der Waals surface area (Å²) >= 11 is 0. The van der Waals surface area contributed by atoms with Crippen molar-refractivity contribution < 1.29 is 0 Å². The summed E-state index contributed by atoms with van der Waals surface area (Å²) < 4.78 is 0. The van der Waals surface area contributed by atoms with E-state index in [1.54, 1.807) is 0 Å². The minimum atomic E-state index is 0.340. The molecule has 1 aromatic heterocycles. The first-order valence-corrected chi connectivity index (χ1v) is 6.86. The topological polar surface area (TPSA) is 66.0 Å². The van der Waals surface area contributed by atoms with E-state index in [9.17, 15) is 0 Å². The van der Waals surface area contributed by atoms with Crippen LogP contribution in [0.4, 0.5) is 17.8 Å². The van der Waals surface area contributed by atoms with Gasteiger partial charge < -0.3 is 15.5 Å². The van der Waals surface area contributed by atoms with Crippen molar-refractivity contribution in [2.45, 2.75) is 40.2 Å². The van der Waals surface area contributed by atoms with Crippen LogP contribution in [-0.2, 0) is 0 Å². The highest BCUT2D eigenvalue weighted by Gasteiger charge is 2.11. The average Bonchev–Trinajstić information content (AvgIpc) is 2.27. The van der Waals surface area contributed by atoms with Crippen molar-refractivity contribution in [3.8, 4) is 0 Å². The maximum Gasteiger partial charge on any atom is 0.231 e. The summed E-state index contributed by atoms with van der Waals surface area (Å²) in [6.45, 7) is 9.37. The zero-order valence-corrected chi connectivity index (χ0v) is 12.9. The molecular weight excluding hydrogens is 240 g/mol. The lowest BCUT2D eigenvalue weighted by Gasteiger charge is -2.18. The van der Waals surface area contributed by atoms with Gasteiger partial charge in [-0.05, 0) is 26.2 Å². The van der Waals surface area contributed by atoms with Gasteiger partial charge >= 0.3 is 0 Å². The van der Waals surface area contributed by atoms with E-state index < -0.39 is 0 Å². The number of hydrogen-bond donors (Lipinski definition) is 2. The van der Waals surface area contributed by atoms with Crippen molar-refractivity contribution in [3.05, 3.63) is 0 Å². The van der Waals surface area contributed by atoms with E-state index in [1.807, 2.05) is 25.9 Å². The molecular formula is C13H26N6. The molecule has 1 unspecified atom stereocenters. The first-order chi connectivity index (χ1) is 8.92. The van der Waals surface area contributed by atoms with Crippen LogP contribution >= 0.6 is 0 Å². The quantitative estimate of drug-likeness (QED) is 0.789. The normalized spacial score (nSPS) is 12.4. The summed E-state index contributed by atoms with van der Waals surface area (Å²) in [5, 5.41) is 6.47. The number of anilines is 3. The van der Waals surface area contributed by atoms with E-state index in [0.29, 0.717) is 29.8 Å². The van der Waals surface area contributed by atoms with Gasteiger partial charge in [-0.2, -0.15) is 15.0 Å². The fraction of sp³-hybridized carbons (Fsp3) is 0.769. The first kappa shape index (κ1) is 15.5. The summed E-state index contributed by atoms with van der Waals surface area (Å²) in [4.78, 5) is 15.0. The van der Waals surface area contributed by atoms with Crippen LogP contribution in [0, 0.1) is 5.92 Å². The Morgan fingerprint density at radius 2 is 1.68 bits per heavy atom. The third kappa shape index (κ3) is 5.28. The molecule has 19 heavy (non-hydrogen) atoms. The maximum atomic E-state index is 4.42. The Kier molecular flexibility index (Phi) is 5.79. The van der Waals surface area contributed by atoms with Crippen molar-refractivity contribution in [1.82, 2.24) is 15.0 Å². The predicted molar refractivity (Wildman–Crippen MR) is 80.9 cm³/mol. The van der Waals surface area contributed by atoms with Crippen LogP contribution in [0.3, 0.4) is 0 Å². The molecule has 0 saturated carbocycles. The lowest BCUT2D eigenvalue weighted by molar-refractivity contribution is 0.537. The summed E-state index contributed by atoms with van der Waals surface area (Å²) in [5.74, 6) is 2.54. The maximum absolute atomic E-state index is 4.42. The molecule has 0 fully saturated rings. The Bertz CT molecular complexity index is 391. The Hall–Kier alpha value is -1.59. The van der Waals surface area contributed by atoms with Crippen LogP contribution < -0.4 is 15.5 Å². The molecule has 0 saturated heterocycles. The van der Waals surface area contributed by atoms with Crippen molar-refractivity contribution in [1.29, 1.82) is 0 Å². The Morgan fingerprint density at radius 3 is 2.21 bits per heavy atom. The second-order valence-corrected chi connectivity index (χ2v) is 5.38. The largest absolute Gasteiger partial charge is 0.354 e. The van der Waals surface area contributed by atoms with Crippen molar-refractivity contribution in [2.75, 3.05) is 36.2 Å². The van der Waals surface area contributed by atoms with Gasteiger partial charge in [-0.1, -0.05) is 13.8 Å². The molecule has 2 N–H and O–H groups in total. The molecule has 0 aliphatic carbocycles. The van der Waals surface area contributed by atoms with E-state index in [-0.39, 0.29) is 0 Å². The molecule has 0 radical (unpaired) electrons. The SMILES string of the molecule is CCNc1nc(NC(C)CC(C)C)nc(N(C)C)n1. The van der Waals surface area contributed by atoms with E-state index in [2.05, 4.69) is 46.4 Å². The molecule has 1 heterocycles. The molecule has 6 heteroatoms. The van der Waals surface area contributed by atoms with Crippen LogP contribution in [0.15, 0.2) is 0 Å². The minimum Gasteiger partial charge on any atom is -0.354 e. The molecule has 1 rings (SSSR count). The Morgan fingerprint density at radius 1 is 1.05 bits per heavy atom. The Balaban J connectivity index is 2.86. The highest BCUT2D eigenvalue weighted by Crippen LogP contribution is 2.14. The first-order valence-electron chi connectivity index (χ1n) is 6.86. The molecule has 0 spiro atoms. The van der Waals surface area contributed by atoms with Gasteiger partial charge in [0.1, 0.15) is 0 Å². The van der Waals surface area contributed by atoms with Gasteiger partial charge in [0.25, 0.3) is 0 Å². The number of rotatable bonds is 7. The summed E-state index contributed by atoms with van der Waals surface area (Å²) in [6, 6.07) is 0.340. The van der Waals surface area contributed by atoms with Crippen LogP contribution in [0.25, 0.3) is 0 Å². The lowest BCUT2D eigenvalue weighted by Crippen LogP contribution is -2.22. The monoisotopic (exact) mass is 266 g/mol. The highest BCUT2D eigenvalue weighted by atomic mass is 15.3. The molecule has 0 aliphatic rings. The molecule has 1 aromatic rings. The lowest BCUT2D eigenvalue weighted by atomic mass is 10.1. The molecule has 0 bridgehead atoms. The molecule has 6 nitrogen and oxygen atoms in total. The summed E-state index contributed by atoms with van der Waals surface area (Å²) in [5.41, 5.74) is 0. The van der Waals surface area contributed by atoms with E-state index in [1.165, 1.54) is 0 Å². The number of nitrogens with zero attached hydrogens (tertiary/aromatic N) is 4. The van der Waals surface area contributed by atoms with Crippen LogP contribution in [-0.4, -0.2) is 41.6 Å². The van der Waals surface area contributed by atoms with Gasteiger partial charge in [-0.3, -0.25) is 0 Å². The second-order valence-electron chi connectivity index (χ2n) is 5.38. The standard InChI is InChI=1S/C13H26N6/c1-7-14-11-16-12(15-10(4)8-9(2)3)18-13(17-11)19(5)6/h9-10H,7-8H2,1-6H3,(H2,14,15,16,17,18). The van der Waals surface area contributed by atoms with E-state index >= 15 is 0 Å². The van der Waals surface area contributed by atoms with Gasteiger partial charge in [0.2, 0.25) is 17.8 Å². The summed E-state index contributed by atoms with van der Waals surface area (Å²) in [6.07, 6.45) is 1.08. The molecule has 0 aromatic carbocycles. The van der Waals surface area contributed by atoms with Crippen LogP contribution in [0.1, 0.15) is 34.1 Å². The van der Waals surface area contributed by atoms with E-state index in [0.717, 1.165) is 13.0 Å². The smallest absolute Gasteiger partial charge is 0.231 e. The predicted octanol–water partition coefficient (Wildman–Crippen LogP) is 2.22. The zero-order valence-electron chi connectivity index (χ0n) is 12.9. The molecule has 0 aliphatic heterocycles. The summed E-state index contributed by atoms with van der Waals surface area (Å²) in [7, 11) is 3.85. The van der Waals surface area contributed by atoms with Crippen molar-refractivity contribution in [3.63, 3.8) is 0 Å². The number of nitrogens with one attached hydrogen (secondary N) is 2. The minimum absolute atomic E-state index is 0.340. The Labute approximate surface area is 116 Å². The third-order valence-electron chi connectivity index (χ3n) is 2.56. The van der Waals surface area contributed by atoms with Gasteiger partial charge in [-0.25, -0.2) is 0 Å². The van der Waals surface area contributed by atoms with Gasteiger partial charge in [0.15, 0.2) is 0 Å². The van der Waals surface area contributed by atoms with Crippen LogP contribution in [0.5, 0.6) is 0 Å². The molecule has 108 valence electrons. The number of hydrogen-bond acceptors (Lipinski definition) is 6. The van der Waals surface area contributed by atoms with E-state index in [4.69, 9.17) is 0 Å². The van der Waals surface area contributed by atoms with Gasteiger partial charge in [0, 0.05) is 26.7 Å². The zero-order chi connectivity index (χ0) is 14.4. The average molecular weight is 266 g/mol. The van der Waals surface area contributed by atoms with Gasteiger partial charge in [-0.15, -0.1) is 0 Å². The third-order valence-corrected chi connectivity index (χ3v) is 2.56. The molecule has 1 atom stereocenters.